The van der Waals surface area contributed by atoms with Gasteiger partial charge in [0, 0.05) is 32.7 Å². The molecule has 1 heterocycles. The van der Waals surface area contributed by atoms with E-state index in [1.54, 1.807) is 12.1 Å². The number of benzene rings is 2. The first kappa shape index (κ1) is 22.8. The van der Waals surface area contributed by atoms with Crippen LogP contribution in [-0.2, 0) is 11.2 Å². The quantitative estimate of drug-likeness (QED) is 0.624. The summed E-state index contributed by atoms with van der Waals surface area (Å²) in [5, 5.41) is 2.93. The number of halogens is 2. The summed E-state index contributed by atoms with van der Waals surface area (Å²) in [7, 11) is 0. The fraction of sp³-hybridized carbons (Fsp3) is 0.435. The number of nitrogens with one attached hydrogen (secondary N) is 1. The lowest BCUT2D eigenvalue weighted by Crippen LogP contribution is -2.49. The maximum Gasteiger partial charge on any atom is 0.387 e. The zero-order valence-corrected chi connectivity index (χ0v) is 17.7. The molecule has 1 fully saturated rings. The largest absolute Gasteiger partial charge is 0.492 e. The van der Waals surface area contributed by atoms with Crippen LogP contribution in [0.1, 0.15) is 12.5 Å². The van der Waals surface area contributed by atoms with Crippen LogP contribution >= 0.6 is 0 Å². The van der Waals surface area contributed by atoms with Gasteiger partial charge in [-0.15, -0.1) is 0 Å². The van der Waals surface area contributed by atoms with Crippen LogP contribution < -0.4 is 19.7 Å². The van der Waals surface area contributed by atoms with E-state index in [1.807, 2.05) is 25.1 Å². The van der Waals surface area contributed by atoms with E-state index in [0.29, 0.717) is 26.1 Å². The molecule has 1 N–H and O–H groups in total. The highest BCUT2D eigenvalue weighted by molar-refractivity contribution is 5.78. The van der Waals surface area contributed by atoms with Gasteiger partial charge in [0.2, 0.25) is 5.91 Å². The van der Waals surface area contributed by atoms with Gasteiger partial charge in [-0.2, -0.15) is 8.78 Å². The van der Waals surface area contributed by atoms with Gasteiger partial charge in [0.1, 0.15) is 11.5 Å². The van der Waals surface area contributed by atoms with Gasteiger partial charge < -0.3 is 19.7 Å². The van der Waals surface area contributed by atoms with Gasteiger partial charge >= 0.3 is 6.61 Å². The van der Waals surface area contributed by atoms with Crippen molar-refractivity contribution in [1.82, 2.24) is 10.2 Å². The average molecular weight is 433 g/mol. The standard InChI is InChI=1S/C23H29F2N3O3/c1-2-30-21-6-4-3-5-20(21)28-15-13-27(14-16-28)17-22(29)26-12-11-18-7-9-19(10-8-18)31-23(24)25/h3-10,23H,2,11-17H2,1H3,(H,26,29). The number of carbonyl (C=O) groups excluding carboxylic acids is 1. The van der Waals surface area contributed by atoms with Crippen molar-refractivity contribution in [2.24, 2.45) is 0 Å². The number of nitrogens with zero attached hydrogens (tertiary/aromatic N) is 2. The molecule has 0 aliphatic carbocycles. The molecule has 0 saturated carbocycles. The van der Waals surface area contributed by atoms with E-state index < -0.39 is 6.61 Å². The summed E-state index contributed by atoms with van der Waals surface area (Å²) in [5.41, 5.74) is 2.04. The third-order valence-corrected chi connectivity index (χ3v) is 5.13. The summed E-state index contributed by atoms with van der Waals surface area (Å²) in [6.07, 6.45) is 0.628. The lowest BCUT2D eigenvalue weighted by molar-refractivity contribution is -0.122. The van der Waals surface area contributed by atoms with Crippen LogP contribution in [0.3, 0.4) is 0 Å². The Bertz CT molecular complexity index is 825. The summed E-state index contributed by atoms with van der Waals surface area (Å²) in [6, 6.07) is 14.5. The molecule has 2 aromatic carbocycles. The number of para-hydroxylation sites is 2. The summed E-state index contributed by atoms with van der Waals surface area (Å²) in [6.45, 7) is 3.92. The number of hydrogen-bond acceptors (Lipinski definition) is 5. The Kier molecular flexibility index (Phi) is 8.46. The fourth-order valence-electron chi connectivity index (χ4n) is 3.59. The number of alkyl halides is 2. The van der Waals surface area contributed by atoms with Crippen molar-refractivity contribution in [2.45, 2.75) is 20.0 Å². The van der Waals surface area contributed by atoms with Crippen molar-refractivity contribution in [1.29, 1.82) is 0 Å². The van der Waals surface area contributed by atoms with E-state index >= 15 is 0 Å². The van der Waals surface area contributed by atoms with Crippen molar-refractivity contribution in [3.63, 3.8) is 0 Å². The monoisotopic (exact) mass is 433 g/mol. The number of ether oxygens (including phenoxy) is 2. The van der Waals surface area contributed by atoms with E-state index in [9.17, 15) is 13.6 Å². The number of carbonyl (C=O) groups is 1. The van der Waals surface area contributed by atoms with Crippen molar-refractivity contribution >= 4 is 11.6 Å². The number of piperazine rings is 1. The zero-order chi connectivity index (χ0) is 22.1. The van der Waals surface area contributed by atoms with Crippen molar-refractivity contribution in [3.8, 4) is 11.5 Å². The summed E-state index contributed by atoms with van der Waals surface area (Å²) in [5.74, 6) is 1.01. The SMILES string of the molecule is CCOc1ccccc1N1CCN(CC(=O)NCCc2ccc(OC(F)F)cc2)CC1. The molecular weight excluding hydrogens is 404 g/mol. The number of amides is 1. The van der Waals surface area contributed by atoms with E-state index in [2.05, 4.69) is 25.9 Å². The molecule has 1 amide bonds. The summed E-state index contributed by atoms with van der Waals surface area (Å²) in [4.78, 5) is 16.7. The van der Waals surface area contributed by atoms with Crippen LogP contribution in [0.25, 0.3) is 0 Å². The second kappa shape index (κ2) is 11.5. The van der Waals surface area contributed by atoms with Crippen molar-refractivity contribution in [2.75, 3.05) is 50.8 Å². The molecule has 168 valence electrons. The van der Waals surface area contributed by atoms with Crippen LogP contribution in [0.2, 0.25) is 0 Å². The average Bonchev–Trinajstić information content (AvgIpc) is 2.76. The van der Waals surface area contributed by atoms with Crippen LogP contribution in [0.15, 0.2) is 48.5 Å². The number of hydrogen-bond donors (Lipinski definition) is 1. The van der Waals surface area contributed by atoms with Crippen LogP contribution in [0.4, 0.5) is 14.5 Å². The lowest BCUT2D eigenvalue weighted by Gasteiger charge is -2.36. The smallest absolute Gasteiger partial charge is 0.387 e. The molecule has 1 aliphatic rings. The van der Waals surface area contributed by atoms with Crippen molar-refractivity contribution < 1.29 is 23.0 Å². The molecule has 0 atom stereocenters. The predicted molar refractivity (Wildman–Crippen MR) is 116 cm³/mol. The van der Waals surface area contributed by atoms with Gasteiger partial charge in [-0.1, -0.05) is 24.3 Å². The summed E-state index contributed by atoms with van der Waals surface area (Å²) < 4.78 is 34.4. The minimum absolute atomic E-state index is 0.0131. The van der Waals surface area contributed by atoms with Gasteiger partial charge in [-0.05, 0) is 43.2 Å². The highest BCUT2D eigenvalue weighted by Crippen LogP contribution is 2.28. The minimum Gasteiger partial charge on any atom is -0.492 e. The number of rotatable bonds is 10. The Morgan fingerprint density at radius 2 is 1.77 bits per heavy atom. The fourth-order valence-corrected chi connectivity index (χ4v) is 3.59. The van der Waals surface area contributed by atoms with Gasteiger partial charge in [-0.25, -0.2) is 0 Å². The third-order valence-electron chi connectivity index (χ3n) is 5.13. The molecule has 31 heavy (non-hydrogen) atoms. The molecule has 0 spiro atoms. The molecule has 6 nitrogen and oxygen atoms in total. The molecular formula is C23H29F2N3O3. The van der Waals surface area contributed by atoms with Crippen LogP contribution in [0.5, 0.6) is 11.5 Å². The first-order valence-corrected chi connectivity index (χ1v) is 10.5. The normalized spacial score (nSPS) is 14.5. The maximum absolute atomic E-state index is 12.3. The van der Waals surface area contributed by atoms with E-state index in [1.165, 1.54) is 12.1 Å². The second-order valence-electron chi connectivity index (χ2n) is 7.29. The third kappa shape index (κ3) is 7.10. The van der Waals surface area contributed by atoms with E-state index in [4.69, 9.17) is 4.74 Å². The molecule has 3 rings (SSSR count). The topological polar surface area (TPSA) is 54.0 Å². The van der Waals surface area contributed by atoms with E-state index in [-0.39, 0.29) is 11.7 Å². The van der Waals surface area contributed by atoms with Crippen LogP contribution in [0, 0.1) is 0 Å². The van der Waals surface area contributed by atoms with Gasteiger partial charge in [-0.3, -0.25) is 9.69 Å². The highest BCUT2D eigenvalue weighted by Gasteiger charge is 2.21. The molecule has 1 aliphatic heterocycles. The van der Waals surface area contributed by atoms with Crippen molar-refractivity contribution in [3.05, 3.63) is 54.1 Å². The Hall–Kier alpha value is -2.87. The Labute approximate surface area is 181 Å². The molecule has 0 radical (unpaired) electrons. The molecule has 1 saturated heterocycles. The first-order chi connectivity index (χ1) is 15.0. The van der Waals surface area contributed by atoms with Gasteiger partial charge in [0.05, 0.1) is 18.8 Å². The van der Waals surface area contributed by atoms with E-state index in [0.717, 1.165) is 43.2 Å². The highest BCUT2D eigenvalue weighted by atomic mass is 19.3. The molecule has 0 unspecified atom stereocenters. The first-order valence-electron chi connectivity index (χ1n) is 10.5. The zero-order valence-electron chi connectivity index (χ0n) is 17.7. The molecule has 2 aromatic rings. The Morgan fingerprint density at radius 3 is 2.45 bits per heavy atom. The van der Waals surface area contributed by atoms with Crippen LogP contribution in [-0.4, -0.2) is 63.3 Å². The summed E-state index contributed by atoms with van der Waals surface area (Å²) >= 11 is 0. The lowest BCUT2D eigenvalue weighted by atomic mass is 10.1. The molecule has 0 aromatic heterocycles. The molecule has 0 bridgehead atoms. The Morgan fingerprint density at radius 1 is 1.06 bits per heavy atom. The minimum atomic E-state index is -2.83. The number of anilines is 1. The molecule has 8 heteroatoms. The second-order valence-corrected chi connectivity index (χ2v) is 7.29. The Balaban J connectivity index is 1.37. The van der Waals surface area contributed by atoms with Gasteiger partial charge in [0.15, 0.2) is 0 Å². The predicted octanol–water partition coefficient (Wildman–Crippen LogP) is 3.17. The van der Waals surface area contributed by atoms with Gasteiger partial charge in [0.25, 0.3) is 0 Å². The maximum atomic E-state index is 12.3.